The fraction of sp³-hybridized carbons (Fsp3) is 0.625. The fourth-order valence-electron chi connectivity index (χ4n) is 3.26. The van der Waals surface area contributed by atoms with Crippen molar-refractivity contribution in [1.29, 1.82) is 0 Å². The second-order valence-corrected chi connectivity index (χ2v) is 6.17. The first-order chi connectivity index (χ1) is 10.7. The highest BCUT2D eigenvalue weighted by Gasteiger charge is 2.27. The Kier molecular flexibility index (Phi) is 6.47. The molecule has 2 saturated heterocycles. The smallest absolute Gasteiger partial charge is 0.257 e. The summed E-state index contributed by atoms with van der Waals surface area (Å²) in [5.74, 6) is 0.438. The Bertz CT molecular complexity index is 515. The minimum Gasteiger partial charge on any atom is -0.472 e. The summed E-state index contributed by atoms with van der Waals surface area (Å²) < 4.78 is 4.98. The van der Waals surface area contributed by atoms with Crippen LogP contribution in [0.3, 0.4) is 0 Å². The highest BCUT2D eigenvalue weighted by Crippen LogP contribution is 2.18. The molecule has 2 atom stereocenters. The maximum Gasteiger partial charge on any atom is 0.257 e. The predicted molar refractivity (Wildman–Crippen MR) is 88.6 cm³/mol. The molecule has 0 saturated carbocycles. The molecule has 2 fully saturated rings. The molecule has 2 N–H and O–H groups in total. The molecule has 23 heavy (non-hydrogen) atoms. The van der Waals surface area contributed by atoms with Crippen LogP contribution >= 0.6 is 12.4 Å². The number of nitrogens with zero attached hydrogens (tertiary/aromatic N) is 1. The number of piperidine rings is 1. The molecule has 0 aliphatic carbocycles. The number of likely N-dealkylation sites (tertiary alicyclic amines) is 1. The zero-order chi connectivity index (χ0) is 15.4. The molecule has 0 spiro atoms. The Balaban J connectivity index is 0.00000192. The Hall–Kier alpha value is -1.53. The molecule has 2 unspecified atom stereocenters. The van der Waals surface area contributed by atoms with Crippen molar-refractivity contribution in [2.75, 3.05) is 26.2 Å². The third-order valence-electron chi connectivity index (χ3n) is 4.52. The van der Waals surface area contributed by atoms with E-state index < -0.39 is 0 Å². The zero-order valence-corrected chi connectivity index (χ0v) is 13.9. The minimum absolute atomic E-state index is 0. The van der Waals surface area contributed by atoms with Crippen molar-refractivity contribution in [2.45, 2.75) is 31.7 Å². The van der Waals surface area contributed by atoms with Gasteiger partial charge in [-0.2, -0.15) is 0 Å². The summed E-state index contributed by atoms with van der Waals surface area (Å²) in [6, 6.07) is 1.66. The van der Waals surface area contributed by atoms with E-state index in [0.717, 1.165) is 38.8 Å². The highest BCUT2D eigenvalue weighted by molar-refractivity contribution is 5.93. The second kappa shape index (κ2) is 8.36. The van der Waals surface area contributed by atoms with Crippen LogP contribution in [0.25, 0.3) is 0 Å². The van der Waals surface area contributed by atoms with Gasteiger partial charge in [-0.1, -0.05) is 0 Å². The average Bonchev–Trinajstić information content (AvgIpc) is 3.25. The number of hydrogen-bond donors (Lipinski definition) is 2. The molecule has 6 nitrogen and oxygen atoms in total. The van der Waals surface area contributed by atoms with Crippen molar-refractivity contribution < 1.29 is 14.0 Å². The Labute approximate surface area is 142 Å². The van der Waals surface area contributed by atoms with E-state index in [4.69, 9.17) is 4.42 Å². The van der Waals surface area contributed by atoms with E-state index in [0.29, 0.717) is 24.6 Å². The lowest BCUT2D eigenvalue weighted by molar-refractivity contribution is -0.123. The van der Waals surface area contributed by atoms with Gasteiger partial charge < -0.3 is 20.0 Å². The fourth-order valence-corrected chi connectivity index (χ4v) is 3.26. The van der Waals surface area contributed by atoms with E-state index in [2.05, 4.69) is 10.6 Å². The molecule has 2 amide bonds. The number of carbonyl (C=O) groups excluding carboxylic acids is 2. The summed E-state index contributed by atoms with van der Waals surface area (Å²) in [4.78, 5) is 26.2. The molecule has 2 aliphatic heterocycles. The van der Waals surface area contributed by atoms with E-state index >= 15 is 0 Å². The summed E-state index contributed by atoms with van der Waals surface area (Å²) in [5.41, 5.74) is 0.597. The van der Waals surface area contributed by atoms with Gasteiger partial charge in [0, 0.05) is 19.6 Å². The van der Waals surface area contributed by atoms with Crippen LogP contribution in [0.4, 0.5) is 0 Å². The van der Waals surface area contributed by atoms with Gasteiger partial charge in [-0.15, -0.1) is 12.4 Å². The molecule has 0 bridgehead atoms. The maximum absolute atomic E-state index is 12.3. The molecule has 0 radical (unpaired) electrons. The first-order valence-corrected chi connectivity index (χ1v) is 8.06. The average molecular weight is 342 g/mol. The van der Waals surface area contributed by atoms with Crippen LogP contribution in [0.5, 0.6) is 0 Å². The molecule has 1 aromatic rings. The van der Waals surface area contributed by atoms with Gasteiger partial charge in [0.15, 0.2) is 0 Å². The molecule has 0 aromatic carbocycles. The summed E-state index contributed by atoms with van der Waals surface area (Å²) in [6.07, 6.45) is 7.01. The molecule has 1 aromatic heterocycles. The standard InChI is InChI=1S/C16H23N3O3.ClH/c20-15(14-4-1-6-17-14)18-9-12-3-2-7-19(10-12)16(21)13-5-8-22-11-13;/h5,8,11-12,14,17H,1-4,6-7,9-10H2,(H,18,20);1H. The van der Waals surface area contributed by atoms with Crippen molar-refractivity contribution in [3.63, 3.8) is 0 Å². The van der Waals surface area contributed by atoms with Crippen molar-refractivity contribution >= 4 is 24.2 Å². The van der Waals surface area contributed by atoms with E-state index in [1.165, 1.54) is 12.5 Å². The van der Waals surface area contributed by atoms with E-state index in [9.17, 15) is 9.59 Å². The lowest BCUT2D eigenvalue weighted by atomic mass is 9.97. The highest BCUT2D eigenvalue weighted by atomic mass is 35.5. The van der Waals surface area contributed by atoms with Crippen molar-refractivity contribution in [3.8, 4) is 0 Å². The summed E-state index contributed by atoms with van der Waals surface area (Å²) >= 11 is 0. The summed E-state index contributed by atoms with van der Waals surface area (Å²) in [7, 11) is 0. The van der Waals surface area contributed by atoms with Gasteiger partial charge in [0.05, 0.1) is 17.9 Å². The third-order valence-corrected chi connectivity index (χ3v) is 4.52. The van der Waals surface area contributed by atoms with Crippen LogP contribution in [-0.2, 0) is 4.79 Å². The quantitative estimate of drug-likeness (QED) is 0.868. The number of hydrogen-bond acceptors (Lipinski definition) is 4. The van der Waals surface area contributed by atoms with Crippen LogP contribution in [0, 0.1) is 5.92 Å². The van der Waals surface area contributed by atoms with Crippen LogP contribution in [0.1, 0.15) is 36.0 Å². The van der Waals surface area contributed by atoms with E-state index in [-0.39, 0.29) is 30.3 Å². The van der Waals surface area contributed by atoms with Crippen molar-refractivity contribution in [1.82, 2.24) is 15.5 Å². The van der Waals surface area contributed by atoms with E-state index in [1.807, 2.05) is 4.90 Å². The third kappa shape index (κ3) is 4.48. The van der Waals surface area contributed by atoms with Gasteiger partial charge in [-0.25, -0.2) is 0 Å². The number of halogens is 1. The first kappa shape index (κ1) is 17.8. The predicted octanol–water partition coefficient (Wildman–Crippen LogP) is 1.42. The Morgan fingerprint density at radius 2 is 2.22 bits per heavy atom. The van der Waals surface area contributed by atoms with Gasteiger partial charge in [0.1, 0.15) is 6.26 Å². The molecule has 7 heteroatoms. The summed E-state index contributed by atoms with van der Waals surface area (Å²) in [5, 5.41) is 6.23. The maximum atomic E-state index is 12.3. The van der Waals surface area contributed by atoms with Gasteiger partial charge >= 0.3 is 0 Å². The van der Waals surface area contributed by atoms with Crippen LogP contribution in [0.15, 0.2) is 23.0 Å². The minimum atomic E-state index is -0.0349. The molecule has 3 rings (SSSR count). The molecule has 2 aliphatic rings. The van der Waals surface area contributed by atoms with Crippen molar-refractivity contribution in [3.05, 3.63) is 24.2 Å². The number of nitrogens with one attached hydrogen (secondary N) is 2. The summed E-state index contributed by atoms with van der Waals surface area (Å²) in [6.45, 7) is 3.04. The van der Waals surface area contributed by atoms with Crippen molar-refractivity contribution in [2.24, 2.45) is 5.92 Å². The first-order valence-electron chi connectivity index (χ1n) is 8.06. The topological polar surface area (TPSA) is 74.6 Å². The lowest BCUT2D eigenvalue weighted by Crippen LogP contribution is -2.46. The van der Waals surface area contributed by atoms with E-state index in [1.54, 1.807) is 6.07 Å². The molecule has 128 valence electrons. The zero-order valence-electron chi connectivity index (χ0n) is 13.1. The second-order valence-electron chi connectivity index (χ2n) is 6.17. The van der Waals surface area contributed by atoms with Gasteiger partial charge in [-0.05, 0) is 44.2 Å². The van der Waals surface area contributed by atoms with Gasteiger partial charge in [0.25, 0.3) is 5.91 Å². The van der Waals surface area contributed by atoms with Crippen LogP contribution in [0.2, 0.25) is 0 Å². The van der Waals surface area contributed by atoms with Crippen LogP contribution in [-0.4, -0.2) is 48.9 Å². The Morgan fingerprint density at radius 1 is 1.35 bits per heavy atom. The number of carbonyl (C=O) groups is 2. The van der Waals surface area contributed by atoms with Crippen LogP contribution < -0.4 is 10.6 Å². The molecular formula is C16H24ClN3O3. The normalized spacial score (nSPS) is 24.1. The molecule has 3 heterocycles. The SMILES string of the molecule is Cl.O=C(NCC1CCCN(C(=O)c2ccoc2)C1)C1CCCN1. The Morgan fingerprint density at radius 3 is 2.91 bits per heavy atom. The van der Waals surface area contributed by atoms with Gasteiger partial charge in [0.2, 0.25) is 5.91 Å². The monoisotopic (exact) mass is 341 g/mol. The largest absolute Gasteiger partial charge is 0.472 e. The number of rotatable bonds is 4. The molecular weight excluding hydrogens is 318 g/mol. The number of furan rings is 1. The number of amides is 2. The van der Waals surface area contributed by atoms with Gasteiger partial charge in [-0.3, -0.25) is 9.59 Å². The lowest BCUT2D eigenvalue weighted by Gasteiger charge is -2.32.